The van der Waals surface area contributed by atoms with Gasteiger partial charge in [0, 0.05) is 27.2 Å². The molecule has 0 saturated heterocycles. The van der Waals surface area contributed by atoms with Gasteiger partial charge >= 0.3 is 0 Å². The number of hydrogen-bond donors (Lipinski definition) is 1. The highest BCUT2D eigenvalue weighted by atomic mass is 35.5. The van der Waals surface area contributed by atoms with Crippen molar-refractivity contribution in [2.24, 2.45) is 5.73 Å². The standard InChI is InChI=1S/C13H20ClN3O/c1-4-17(9-12(18)16(2)3)13-10(8-15)6-5-7-11(13)14/h5-7H,4,8-9,15H2,1-3H3. The molecule has 0 unspecified atom stereocenters. The van der Waals surface area contributed by atoms with E-state index in [0.29, 0.717) is 24.7 Å². The number of hydrogen-bond acceptors (Lipinski definition) is 3. The van der Waals surface area contributed by atoms with E-state index in [1.807, 2.05) is 30.0 Å². The number of rotatable bonds is 5. The monoisotopic (exact) mass is 269 g/mol. The Hall–Kier alpha value is -1.26. The zero-order chi connectivity index (χ0) is 13.7. The number of carbonyl (C=O) groups excluding carboxylic acids is 1. The minimum Gasteiger partial charge on any atom is -0.361 e. The smallest absolute Gasteiger partial charge is 0.241 e. The summed E-state index contributed by atoms with van der Waals surface area (Å²) in [4.78, 5) is 15.3. The third kappa shape index (κ3) is 3.37. The number of nitrogens with zero attached hydrogens (tertiary/aromatic N) is 2. The Morgan fingerprint density at radius 1 is 1.39 bits per heavy atom. The summed E-state index contributed by atoms with van der Waals surface area (Å²) in [5.74, 6) is 0.0414. The lowest BCUT2D eigenvalue weighted by Crippen LogP contribution is -2.37. The molecule has 0 radical (unpaired) electrons. The van der Waals surface area contributed by atoms with Gasteiger partial charge in [-0.15, -0.1) is 0 Å². The van der Waals surface area contributed by atoms with Crippen molar-refractivity contribution in [1.29, 1.82) is 0 Å². The first kappa shape index (κ1) is 14.8. The van der Waals surface area contributed by atoms with Crippen LogP contribution in [0.1, 0.15) is 12.5 Å². The van der Waals surface area contributed by atoms with E-state index in [1.54, 1.807) is 19.0 Å². The highest BCUT2D eigenvalue weighted by Crippen LogP contribution is 2.29. The van der Waals surface area contributed by atoms with Gasteiger partial charge < -0.3 is 15.5 Å². The van der Waals surface area contributed by atoms with Crippen LogP contribution in [0.5, 0.6) is 0 Å². The normalized spacial score (nSPS) is 10.3. The lowest BCUT2D eigenvalue weighted by molar-refractivity contribution is -0.127. The number of halogens is 1. The van der Waals surface area contributed by atoms with E-state index in [4.69, 9.17) is 17.3 Å². The summed E-state index contributed by atoms with van der Waals surface area (Å²) < 4.78 is 0. The van der Waals surface area contributed by atoms with Crippen molar-refractivity contribution in [3.8, 4) is 0 Å². The summed E-state index contributed by atoms with van der Waals surface area (Å²) in [5.41, 5.74) is 7.54. The third-order valence-corrected chi connectivity index (χ3v) is 3.12. The Morgan fingerprint density at radius 3 is 2.56 bits per heavy atom. The second-order valence-corrected chi connectivity index (χ2v) is 4.66. The van der Waals surface area contributed by atoms with Crippen LogP contribution in [-0.2, 0) is 11.3 Å². The van der Waals surface area contributed by atoms with Gasteiger partial charge in [0.15, 0.2) is 0 Å². The fraction of sp³-hybridized carbons (Fsp3) is 0.462. The van der Waals surface area contributed by atoms with Crippen LogP contribution in [0.15, 0.2) is 18.2 Å². The minimum atomic E-state index is 0.0414. The lowest BCUT2D eigenvalue weighted by atomic mass is 10.1. The van der Waals surface area contributed by atoms with Crippen molar-refractivity contribution in [2.45, 2.75) is 13.5 Å². The van der Waals surface area contributed by atoms with Crippen molar-refractivity contribution in [3.05, 3.63) is 28.8 Å². The fourth-order valence-electron chi connectivity index (χ4n) is 1.73. The van der Waals surface area contributed by atoms with Gasteiger partial charge in [-0.1, -0.05) is 23.7 Å². The summed E-state index contributed by atoms with van der Waals surface area (Å²) in [7, 11) is 3.49. The number of anilines is 1. The quantitative estimate of drug-likeness (QED) is 0.885. The van der Waals surface area contributed by atoms with Crippen LogP contribution >= 0.6 is 11.6 Å². The molecule has 0 saturated carbocycles. The lowest BCUT2D eigenvalue weighted by Gasteiger charge is -2.27. The number of para-hydroxylation sites is 1. The molecule has 0 aliphatic carbocycles. The second kappa shape index (κ2) is 6.61. The molecule has 2 N–H and O–H groups in total. The van der Waals surface area contributed by atoms with Gasteiger partial charge in [-0.25, -0.2) is 0 Å². The number of nitrogens with two attached hydrogens (primary N) is 1. The second-order valence-electron chi connectivity index (χ2n) is 4.25. The van der Waals surface area contributed by atoms with Crippen LogP contribution in [0.2, 0.25) is 5.02 Å². The molecular weight excluding hydrogens is 250 g/mol. The maximum absolute atomic E-state index is 11.8. The Kier molecular flexibility index (Phi) is 5.44. The number of amides is 1. The molecular formula is C13H20ClN3O. The molecule has 18 heavy (non-hydrogen) atoms. The van der Waals surface area contributed by atoms with Crippen LogP contribution in [0, 0.1) is 0 Å². The predicted octanol–water partition coefficient (Wildman–Crippen LogP) is 1.71. The van der Waals surface area contributed by atoms with E-state index in [9.17, 15) is 4.79 Å². The van der Waals surface area contributed by atoms with Crippen molar-refractivity contribution in [1.82, 2.24) is 4.90 Å². The van der Waals surface area contributed by atoms with E-state index in [0.717, 1.165) is 11.3 Å². The van der Waals surface area contributed by atoms with E-state index >= 15 is 0 Å². The van der Waals surface area contributed by atoms with Crippen LogP contribution < -0.4 is 10.6 Å². The van der Waals surface area contributed by atoms with Gasteiger partial charge in [-0.3, -0.25) is 4.79 Å². The van der Waals surface area contributed by atoms with Gasteiger partial charge in [0.2, 0.25) is 5.91 Å². The average molecular weight is 270 g/mol. The topological polar surface area (TPSA) is 49.6 Å². The van der Waals surface area contributed by atoms with Crippen molar-refractivity contribution >= 4 is 23.2 Å². The summed E-state index contributed by atoms with van der Waals surface area (Å²) in [6.45, 7) is 3.41. The van der Waals surface area contributed by atoms with Crippen LogP contribution in [0.4, 0.5) is 5.69 Å². The van der Waals surface area contributed by atoms with Crippen LogP contribution in [-0.4, -0.2) is 38.0 Å². The molecule has 100 valence electrons. The van der Waals surface area contributed by atoms with E-state index in [1.165, 1.54) is 0 Å². The maximum Gasteiger partial charge on any atom is 0.241 e. The van der Waals surface area contributed by atoms with E-state index in [-0.39, 0.29) is 5.91 Å². The molecule has 0 fully saturated rings. The predicted molar refractivity (Wildman–Crippen MR) is 75.9 cm³/mol. The van der Waals surface area contributed by atoms with Crippen LogP contribution in [0.25, 0.3) is 0 Å². The Balaban J connectivity index is 3.05. The Labute approximate surface area is 113 Å². The van der Waals surface area contributed by atoms with Crippen molar-refractivity contribution in [3.63, 3.8) is 0 Å². The SMILES string of the molecule is CCN(CC(=O)N(C)C)c1c(Cl)cccc1CN. The summed E-state index contributed by atoms with van der Waals surface area (Å²) in [6, 6.07) is 5.62. The molecule has 4 nitrogen and oxygen atoms in total. The first-order valence-electron chi connectivity index (χ1n) is 5.93. The fourth-order valence-corrected chi connectivity index (χ4v) is 2.05. The van der Waals surface area contributed by atoms with E-state index in [2.05, 4.69) is 0 Å². The molecule has 0 bridgehead atoms. The molecule has 0 aliphatic rings. The molecule has 1 amide bonds. The largest absolute Gasteiger partial charge is 0.361 e. The third-order valence-electron chi connectivity index (χ3n) is 2.81. The Morgan fingerprint density at radius 2 is 2.06 bits per heavy atom. The van der Waals surface area contributed by atoms with Crippen molar-refractivity contribution in [2.75, 3.05) is 32.1 Å². The van der Waals surface area contributed by atoms with Crippen molar-refractivity contribution < 1.29 is 4.79 Å². The first-order valence-corrected chi connectivity index (χ1v) is 6.31. The van der Waals surface area contributed by atoms with Crippen LogP contribution in [0.3, 0.4) is 0 Å². The summed E-state index contributed by atoms with van der Waals surface area (Å²) in [6.07, 6.45) is 0. The van der Waals surface area contributed by atoms with E-state index < -0.39 is 0 Å². The van der Waals surface area contributed by atoms with Gasteiger partial charge in [0.25, 0.3) is 0 Å². The highest BCUT2D eigenvalue weighted by Gasteiger charge is 2.16. The molecule has 5 heteroatoms. The molecule has 0 aliphatic heterocycles. The highest BCUT2D eigenvalue weighted by molar-refractivity contribution is 6.33. The van der Waals surface area contributed by atoms with Gasteiger partial charge in [0.1, 0.15) is 0 Å². The zero-order valence-corrected chi connectivity index (χ0v) is 11.9. The average Bonchev–Trinajstić information content (AvgIpc) is 2.35. The minimum absolute atomic E-state index is 0.0414. The maximum atomic E-state index is 11.8. The summed E-state index contributed by atoms with van der Waals surface area (Å²) in [5, 5.41) is 0.631. The number of benzene rings is 1. The first-order chi connectivity index (χ1) is 8.51. The molecule has 0 spiro atoms. The molecule has 0 heterocycles. The number of likely N-dealkylation sites (N-methyl/N-ethyl adjacent to an activating group) is 2. The zero-order valence-electron chi connectivity index (χ0n) is 11.1. The number of carbonyl (C=O) groups is 1. The molecule has 1 aromatic carbocycles. The molecule has 0 atom stereocenters. The van der Waals surface area contributed by atoms with Gasteiger partial charge in [-0.2, -0.15) is 0 Å². The van der Waals surface area contributed by atoms with Gasteiger partial charge in [0.05, 0.1) is 17.3 Å². The summed E-state index contributed by atoms with van der Waals surface area (Å²) >= 11 is 6.22. The molecule has 1 aromatic rings. The Bertz CT molecular complexity index is 421. The molecule has 0 aromatic heterocycles. The molecule has 1 rings (SSSR count). The van der Waals surface area contributed by atoms with Gasteiger partial charge in [-0.05, 0) is 18.6 Å².